The van der Waals surface area contributed by atoms with Gasteiger partial charge in [0.15, 0.2) is 6.29 Å². The standard InChI is InChI=1S/C11H11BrN2O3S.C5H10O2/c12-9-1-3-10(4-2-9)18(16,17)14-6-5-8(7-14)11(13)15;6-5-3-1-2-4-7-5/h1-5H,6-7H2,(H2,13,15);5-6H,1-4H2. The first kappa shape index (κ1) is 20.1. The molecule has 3 N–H and O–H groups in total. The topological polar surface area (TPSA) is 110 Å². The molecule has 1 amide bonds. The number of carbonyl (C=O) groups is 1. The number of aliphatic hydroxyl groups excluding tert-OH is 1. The normalized spacial score (nSPS) is 21.2. The molecule has 25 heavy (non-hydrogen) atoms. The van der Waals surface area contributed by atoms with Gasteiger partial charge in [0.05, 0.1) is 4.90 Å². The molecule has 1 atom stereocenters. The van der Waals surface area contributed by atoms with Crippen molar-refractivity contribution in [3.05, 3.63) is 40.4 Å². The third kappa shape index (κ3) is 5.61. The highest BCUT2D eigenvalue weighted by molar-refractivity contribution is 9.10. The number of halogens is 1. The van der Waals surface area contributed by atoms with Crippen molar-refractivity contribution in [1.29, 1.82) is 0 Å². The third-order valence-corrected chi connectivity index (χ3v) is 6.17. The number of rotatable bonds is 3. The second kappa shape index (κ2) is 8.91. The summed E-state index contributed by atoms with van der Waals surface area (Å²) in [7, 11) is -3.57. The molecule has 0 saturated carbocycles. The molecule has 0 aliphatic carbocycles. The number of nitrogens with zero attached hydrogens (tertiary/aromatic N) is 1. The second-order valence-electron chi connectivity index (χ2n) is 5.67. The number of sulfonamides is 1. The van der Waals surface area contributed by atoms with Crippen molar-refractivity contribution in [2.45, 2.75) is 30.4 Å². The number of aliphatic hydroxyl groups is 1. The minimum Gasteiger partial charge on any atom is -0.368 e. The Kier molecular flexibility index (Phi) is 7.14. The highest BCUT2D eigenvalue weighted by Gasteiger charge is 2.29. The molecule has 9 heteroatoms. The van der Waals surface area contributed by atoms with Crippen LogP contribution in [0.5, 0.6) is 0 Å². The van der Waals surface area contributed by atoms with E-state index in [-0.39, 0.29) is 18.0 Å². The molecule has 0 radical (unpaired) electrons. The van der Waals surface area contributed by atoms with Gasteiger partial charge in [-0.25, -0.2) is 8.42 Å². The Balaban J connectivity index is 0.000000269. The van der Waals surface area contributed by atoms with Crippen molar-refractivity contribution >= 4 is 31.9 Å². The van der Waals surface area contributed by atoms with Crippen molar-refractivity contribution < 1.29 is 23.1 Å². The first-order valence-electron chi connectivity index (χ1n) is 7.85. The number of benzene rings is 1. The molecule has 3 rings (SSSR count). The number of hydrogen-bond donors (Lipinski definition) is 2. The Labute approximate surface area is 155 Å². The summed E-state index contributed by atoms with van der Waals surface area (Å²) in [5.74, 6) is -0.580. The van der Waals surface area contributed by atoms with E-state index in [9.17, 15) is 13.2 Å². The van der Waals surface area contributed by atoms with E-state index in [1.54, 1.807) is 18.2 Å². The van der Waals surface area contributed by atoms with Crippen LogP contribution in [0, 0.1) is 0 Å². The number of amides is 1. The van der Waals surface area contributed by atoms with Crippen LogP contribution < -0.4 is 5.73 Å². The molecule has 0 aromatic heterocycles. The maximum atomic E-state index is 12.2. The minimum absolute atomic E-state index is 0.0354. The van der Waals surface area contributed by atoms with E-state index in [1.165, 1.54) is 16.4 Å². The van der Waals surface area contributed by atoms with Gasteiger partial charge in [0.25, 0.3) is 0 Å². The predicted molar refractivity (Wildman–Crippen MR) is 96.0 cm³/mol. The monoisotopic (exact) mass is 432 g/mol. The zero-order chi connectivity index (χ0) is 18.4. The molecule has 1 aromatic rings. The van der Waals surface area contributed by atoms with Gasteiger partial charge in [-0.2, -0.15) is 4.31 Å². The summed E-state index contributed by atoms with van der Waals surface area (Å²) in [6, 6.07) is 6.35. The Morgan fingerprint density at radius 3 is 2.40 bits per heavy atom. The second-order valence-corrected chi connectivity index (χ2v) is 8.52. The molecule has 1 saturated heterocycles. The van der Waals surface area contributed by atoms with Crippen LogP contribution in [0.1, 0.15) is 19.3 Å². The van der Waals surface area contributed by atoms with Crippen molar-refractivity contribution in [2.24, 2.45) is 5.73 Å². The van der Waals surface area contributed by atoms with Gasteiger partial charge in [-0.1, -0.05) is 22.0 Å². The maximum absolute atomic E-state index is 12.2. The fourth-order valence-corrected chi connectivity index (χ4v) is 3.99. The lowest BCUT2D eigenvalue weighted by molar-refractivity contribution is -0.123. The predicted octanol–water partition coefficient (Wildman–Crippen LogP) is 1.37. The van der Waals surface area contributed by atoms with Crippen LogP contribution in [0.2, 0.25) is 0 Å². The molecule has 2 aliphatic heterocycles. The third-order valence-electron chi connectivity index (χ3n) is 3.81. The fourth-order valence-electron chi connectivity index (χ4n) is 2.37. The molecule has 2 aliphatic rings. The summed E-state index contributed by atoms with van der Waals surface area (Å²) in [4.78, 5) is 11.2. The molecule has 1 fully saturated rings. The molecule has 2 heterocycles. The number of hydrogen-bond acceptors (Lipinski definition) is 5. The van der Waals surface area contributed by atoms with Crippen LogP contribution >= 0.6 is 15.9 Å². The lowest BCUT2D eigenvalue weighted by Crippen LogP contribution is -2.30. The number of ether oxygens (including phenoxy) is 1. The molecular weight excluding hydrogens is 412 g/mol. The highest BCUT2D eigenvalue weighted by atomic mass is 79.9. The van der Waals surface area contributed by atoms with E-state index in [1.807, 2.05) is 0 Å². The van der Waals surface area contributed by atoms with Gasteiger partial charge in [0, 0.05) is 29.7 Å². The zero-order valence-corrected chi connectivity index (χ0v) is 16.0. The zero-order valence-electron chi connectivity index (χ0n) is 13.6. The summed E-state index contributed by atoms with van der Waals surface area (Å²) in [5, 5.41) is 8.69. The van der Waals surface area contributed by atoms with Gasteiger partial charge in [0.2, 0.25) is 15.9 Å². The highest BCUT2D eigenvalue weighted by Crippen LogP contribution is 2.22. The number of nitrogens with two attached hydrogens (primary N) is 1. The molecule has 1 aromatic carbocycles. The number of primary amides is 1. The lowest BCUT2D eigenvalue weighted by atomic mass is 10.2. The maximum Gasteiger partial charge on any atom is 0.245 e. The van der Waals surface area contributed by atoms with Crippen LogP contribution in [0.4, 0.5) is 0 Å². The van der Waals surface area contributed by atoms with Crippen molar-refractivity contribution in [2.75, 3.05) is 19.7 Å². The van der Waals surface area contributed by atoms with Crippen LogP contribution in [-0.2, 0) is 19.6 Å². The Bertz CT molecular complexity index is 727. The van der Waals surface area contributed by atoms with Gasteiger partial charge >= 0.3 is 0 Å². The smallest absolute Gasteiger partial charge is 0.245 e. The fraction of sp³-hybridized carbons (Fsp3) is 0.438. The van der Waals surface area contributed by atoms with Gasteiger partial charge in [-0.15, -0.1) is 0 Å². The minimum atomic E-state index is -3.57. The van der Waals surface area contributed by atoms with E-state index in [2.05, 4.69) is 15.9 Å². The van der Waals surface area contributed by atoms with E-state index < -0.39 is 22.2 Å². The van der Waals surface area contributed by atoms with Gasteiger partial charge in [-0.3, -0.25) is 4.79 Å². The molecule has 7 nitrogen and oxygen atoms in total. The number of carbonyl (C=O) groups excluding carboxylic acids is 1. The summed E-state index contributed by atoms with van der Waals surface area (Å²) in [6.07, 6.45) is 4.12. The summed E-state index contributed by atoms with van der Waals surface area (Å²) < 4.78 is 31.3. The van der Waals surface area contributed by atoms with Crippen LogP contribution in [0.25, 0.3) is 0 Å². The van der Waals surface area contributed by atoms with Crippen molar-refractivity contribution in [3.63, 3.8) is 0 Å². The molecule has 1 unspecified atom stereocenters. The molecule has 0 spiro atoms. The summed E-state index contributed by atoms with van der Waals surface area (Å²) >= 11 is 3.24. The first-order chi connectivity index (χ1) is 11.8. The van der Waals surface area contributed by atoms with E-state index in [4.69, 9.17) is 15.6 Å². The average molecular weight is 433 g/mol. The van der Waals surface area contributed by atoms with E-state index >= 15 is 0 Å². The summed E-state index contributed by atoms with van der Waals surface area (Å²) in [6.45, 7) is 0.950. The van der Waals surface area contributed by atoms with E-state index in [0.717, 1.165) is 30.3 Å². The summed E-state index contributed by atoms with van der Waals surface area (Å²) in [5.41, 5.74) is 5.46. The van der Waals surface area contributed by atoms with E-state index in [0.29, 0.717) is 5.57 Å². The average Bonchev–Trinajstić information content (AvgIpc) is 3.08. The van der Waals surface area contributed by atoms with Crippen molar-refractivity contribution in [1.82, 2.24) is 4.31 Å². The SMILES string of the molecule is NC(=O)C1=CCN(S(=O)(=O)c2ccc(Br)cc2)C1.OC1CCCCO1. The van der Waals surface area contributed by atoms with Crippen LogP contribution in [0.15, 0.2) is 45.3 Å². The van der Waals surface area contributed by atoms with Gasteiger partial charge < -0.3 is 15.6 Å². The van der Waals surface area contributed by atoms with Gasteiger partial charge in [0.1, 0.15) is 0 Å². The Hall–Kier alpha value is -1.26. The lowest BCUT2D eigenvalue weighted by Gasteiger charge is -2.16. The van der Waals surface area contributed by atoms with Gasteiger partial charge in [-0.05, 0) is 43.5 Å². The molecular formula is C16H21BrN2O5S. The van der Waals surface area contributed by atoms with Crippen LogP contribution in [-0.4, -0.2) is 49.7 Å². The molecule has 0 bridgehead atoms. The Morgan fingerprint density at radius 1 is 1.28 bits per heavy atom. The Morgan fingerprint density at radius 2 is 1.96 bits per heavy atom. The first-order valence-corrected chi connectivity index (χ1v) is 10.1. The van der Waals surface area contributed by atoms with Crippen LogP contribution in [0.3, 0.4) is 0 Å². The van der Waals surface area contributed by atoms with Crippen molar-refractivity contribution in [3.8, 4) is 0 Å². The quantitative estimate of drug-likeness (QED) is 0.749. The molecule has 138 valence electrons. The largest absolute Gasteiger partial charge is 0.368 e.